The average Bonchev–Trinajstić information content (AvgIpc) is 2.78. The van der Waals surface area contributed by atoms with Crippen molar-refractivity contribution in [1.29, 1.82) is 0 Å². The van der Waals surface area contributed by atoms with E-state index in [4.69, 9.17) is 10.3 Å². The molecule has 0 aromatic carbocycles. The summed E-state index contributed by atoms with van der Waals surface area (Å²) in [5, 5.41) is 3.79. The monoisotopic (exact) mass is 219 g/mol. The normalized spacial score (nSPS) is 12.7. The second-order valence-corrected chi connectivity index (χ2v) is 3.55. The molecule has 0 aliphatic carbocycles. The molecular formula is C10H13N5O. The van der Waals surface area contributed by atoms with Gasteiger partial charge in [-0.3, -0.25) is 0 Å². The van der Waals surface area contributed by atoms with E-state index in [1.54, 1.807) is 12.4 Å². The highest BCUT2D eigenvalue weighted by Crippen LogP contribution is 2.15. The van der Waals surface area contributed by atoms with Crippen LogP contribution in [0.1, 0.15) is 30.8 Å². The predicted octanol–water partition coefficient (Wildman–Crippen LogP) is 1.24. The summed E-state index contributed by atoms with van der Waals surface area (Å²) in [6.07, 6.45) is 4.16. The van der Waals surface area contributed by atoms with E-state index in [1.165, 1.54) is 0 Å². The van der Waals surface area contributed by atoms with Crippen molar-refractivity contribution < 1.29 is 4.52 Å². The van der Waals surface area contributed by atoms with Crippen molar-refractivity contribution in [3.63, 3.8) is 0 Å². The molecule has 2 aromatic heterocycles. The minimum Gasteiger partial charge on any atom is -0.337 e. The Balaban J connectivity index is 2.28. The lowest BCUT2D eigenvalue weighted by molar-refractivity contribution is 0.352. The number of hydrogen-bond acceptors (Lipinski definition) is 6. The molecule has 0 spiro atoms. The molecule has 0 aliphatic heterocycles. The minimum absolute atomic E-state index is 0.230. The van der Waals surface area contributed by atoms with Crippen molar-refractivity contribution in [2.75, 3.05) is 0 Å². The second-order valence-electron chi connectivity index (χ2n) is 3.55. The first-order chi connectivity index (χ1) is 7.70. The lowest BCUT2D eigenvalue weighted by Crippen LogP contribution is -2.08. The molecule has 0 fully saturated rings. The fourth-order valence-corrected chi connectivity index (χ4v) is 1.16. The number of aromatic nitrogens is 4. The van der Waals surface area contributed by atoms with Gasteiger partial charge < -0.3 is 10.3 Å². The molecule has 1 atom stereocenters. The van der Waals surface area contributed by atoms with Gasteiger partial charge in [-0.05, 0) is 18.9 Å². The maximum Gasteiger partial charge on any atom is 0.243 e. The van der Waals surface area contributed by atoms with Gasteiger partial charge in [0.1, 0.15) is 0 Å². The summed E-state index contributed by atoms with van der Waals surface area (Å²) in [5.74, 6) is 1.24. The van der Waals surface area contributed by atoms with Crippen LogP contribution in [-0.2, 0) is 0 Å². The molecule has 84 valence electrons. The number of hydrogen-bond donors (Lipinski definition) is 1. The Hall–Kier alpha value is -1.82. The van der Waals surface area contributed by atoms with E-state index in [0.29, 0.717) is 17.5 Å². The Morgan fingerprint density at radius 1 is 1.31 bits per heavy atom. The first-order valence-corrected chi connectivity index (χ1v) is 5.09. The SMILES string of the molecule is CCC(N)c1nc(-c2ncc(C)cn2)no1. The topological polar surface area (TPSA) is 90.7 Å². The highest BCUT2D eigenvalue weighted by atomic mass is 16.5. The third-order valence-corrected chi connectivity index (χ3v) is 2.18. The molecule has 2 N–H and O–H groups in total. The summed E-state index contributed by atoms with van der Waals surface area (Å²) < 4.78 is 5.04. The van der Waals surface area contributed by atoms with Crippen LogP contribution in [0, 0.1) is 6.92 Å². The highest BCUT2D eigenvalue weighted by molar-refractivity contribution is 5.41. The number of rotatable bonds is 3. The van der Waals surface area contributed by atoms with Crippen molar-refractivity contribution >= 4 is 0 Å². The van der Waals surface area contributed by atoms with Crippen LogP contribution in [0.2, 0.25) is 0 Å². The Bertz CT molecular complexity index is 464. The van der Waals surface area contributed by atoms with Crippen LogP contribution >= 0.6 is 0 Å². The lowest BCUT2D eigenvalue weighted by atomic mass is 10.2. The van der Waals surface area contributed by atoms with Gasteiger partial charge in [0.05, 0.1) is 6.04 Å². The highest BCUT2D eigenvalue weighted by Gasteiger charge is 2.15. The van der Waals surface area contributed by atoms with Gasteiger partial charge in [0.2, 0.25) is 17.5 Å². The molecule has 16 heavy (non-hydrogen) atoms. The van der Waals surface area contributed by atoms with E-state index in [-0.39, 0.29) is 6.04 Å². The van der Waals surface area contributed by atoms with Crippen molar-refractivity contribution in [3.05, 3.63) is 23.8 Å². The van der Waals surface area contributed by atoms with Crippen LogP contribution in [0.15, 0.2) is 16.9 Å². The molecule has 0 aliphatic rings. The summed E-state index contributed by atoms with van der Waals surface area (Å²) >= 11 is 0. The number of nitrogens with two attached hydrogens (primary N) is 1. The Morgan fingerprint density at radius 3 is 2.62 bits per heavy atom. The molecule has 0 saturated carbocycles. The van der Waals surface area contributed by atoms with Gasteiger partial charge >= 0.3 is 0 Å². The summed E-state index contributed by atoms with van der Waals surface area (Å²) in [7, 11) is 0. The molecule has 6 nitrogen and oxygen atoms in total. The van der Waals surface area contributed by atoms with E-state index in [1.807, 2.05) is 13.8 Å². The first-order valence-electron chi connectivity index (χ1n) is 5.09. The van der Waals surface area contributed by atoms with Gasteiger partial charge in [-0.2, -0.15) is 4.98 Å². The Morgan fingerprint density at radius 2 is 2.00 bits per heavy atom. The van der Waals surface area contributed by atoms with Crippen LogP contribution in [-0.4, -0.2) is 20.1 Å². The van der Waals surface area contributed by atoms with E-state index < -0.39 is 0 Å². The summed E-state index contributed by atoms with van der Waals surface area (Å²) in [5.41, 5.74) is 6.76. The first kappa shape index (κ1) is 10.7. The van der Waals surface area contributed by atoms with Gasteiger partial charge in [0.25, 0.3) is 0 Å². The van der Waals surface area contributed by atoms with Crippen molar-refractivity contribution in [1.82, 2.24) is 20.1 Å². The molecular weight excluding hydrogens is 206 g/mol. The molecule has 2 heterocycles. The number of nitrogens with zero attached hydrogens (tertiary/aromatic N) is 4. The van der Waals surface area contributed by atoms with Gasteiger partial charge in [-0.25, -0.2) is 9.97 Å². The van der Waals surface area contributed by atoms with Crippen molar-refractivity contribution in [2.45, 2.75) is 26.3 Å². The summed E-state index contributed by atoms with van der Waals surface area (Å²) in [6, 6.07) is -0.230. The minimum atomic E-state index is -0.230. The third kappa shape index (κ3) is 2.06. The molecule has 0 radical (unpaired) electrons. The summed E-state index contributed by atoms with van der Waals surface area (Å²) in [6.45, 7) is 3.87. The fourth-order valence-electron chi connectivity index (χ4n) is 1.16. The molecule has 6 heteroatoms. The quantitative estimate of drug-likeness (QED) is 0.835. The molecule has 0 saturated heterocycles. The zero-order valence-corrected chi connectivity index (χ0v) is 9.21. The van der Waals surface area contributed by atoms with Crippen LogP contribution in [0.5, 0.6) is 0 Å². The molecule has 1 unspecified atom stereocenters. The van der Waals surface area contributed by atoms with E-state index in [0.717, 1.165) is 12.0 Å². The van der Waals surface area contributed by atoms with Crippen LogP contribution in [0.3, 0.4) is 0 Å². The average molecular weight is 219 g/mol. The molecule has 2 rings (SSSR count). The smallest absolute Gasteiger partial charge is 0.243 e. The van der Waals surface area contributed by atoms with Gasteiger partial charge in [-0.15, -0.1) is 0 Å². The zero-order chi connectivity index (χ0) is 11.5. The summed E-state index contributed by atoms with van der Waals surface area (Å²) in [4.78, 5) is 12.4. The maximum atomic E-state index is 5.77. The van der Waals surface area contributed by atoms with Gasteiger partial charge in [-0.1, -0.05) is 12.1 Å². The van der Waals surface area contributed by atoms with Crippen molar-refractivity contribution in [3.8, 4) is 11.6 Å². The molecule has 0 amide bonds. The van der Waals surface area contributed by atoms with Crippen LogP contribution in [0.25, 0.3) is 11.6 Å². The number of aryl methyl sites for hydroxylation is 1. The zero-order valence-electron chi connectivity index (χ0n) is 9.21. The van der Waals surface area contributed by atoms with E-state index in [9.17, 15) is 0 Å². The largest absolute Gasteiger partial charge is 0.337 e. The van der Waals surface area contributed by atoms with E-state index in [2.05, 4.69) is 20.1 Å². The maximum absolute atomic E-state index is 5.77. The standard InChI is InChI=1S/C10H13N5O/c1-3-7(11)10-14-9(15-16-10)8-12-4-6(2)5-13-8/h4-5,7H,3,11H2,1-2H3. The van der Waals surface area contributed by atoms with E-state index >= 15 is 0 Å². The van der Waals surface area contributed by atoms with Crippen LogP contribution < -0.4 is 5.73 Å². The second kappa shape index (κ2) is 4.36. The third-order valence-electron chi connectivity index (χ3n) is 2.18. The van der Waals surface area contributed by atoms with Gasteiger partial charge in [0, 0.05) is 12.4 Å². The van der Waals surface area contributed by atoms with Crippen LogP contribution in [0.4, 0.5) is 0 Å². The Kier molecular flexibility index (Phi) is 2.91. The van der Waals surface area contributed by atoms with Crippen molar-refractivity contribution in [2.24, 2.45) is 5.73 Å². The van der Waals surface area contributed by atoms with Gasteiger partial charge in [0.15, 0.2) is 0 Å². The predicted molar refractivity (Wildman–Crippen MR) is 57.3 cm³/mol. The molecule has 0 bridgehead atoms. The molecule has 2 aromatic rings. The Labute approximate surface area is 92.9 Å². The fraction of sp³-hybridized carbons (Fsp3) is 0.400. The lowest BCUT2D eigenvalue weighted by Gasteiger charge is -1.98.